The average molecular weight is 201 g/mol. The number of likely N-dealkylation sites (N-methyl/N-ethyl adjacent to an activating group) is 1. The molecule has 1 atom stereocenters. The maximum atomic E-state index is 5.02. The van der Waals surface area contributed by atoms with Crippen LogP contribution in [0.1, 0.15) is 19.3 Å². The summed E-state index contributed by atoms with van der Waals surface area (Å²) in [4.78, 5) is 2.41. The Balaban J connectivity index is 2.22. The molecule has 0 radical (unpaired) electrons. The molecule has 0 aromatic heterocycles. The van der Waals surface area contributed by atoms with Crippen LogP contribution in [0.15, 0.2) is 0 Å². The SMILES string of the molecule is CNC(=S)NCC1CCCCN1C. The number of nitrogens with zero attached hydrogens (tertiary/aromatic N) is 1. The fourth-order valence-electron chi connectivity index (χ4n) is 1.70. The number of hydrogen-bond acceptors (Lipinski definition) is 2. The van der Waals surface area contributed by atoms with Gasteiger partial charge in [-0.3, -0.25) is 0 Å². The van der Waals surface area contributed by atoms with Crippen molar-refractivity contribution in [3.05, 3.63) is 0 Å². The Kier molecular flexibility index (Phi) is 4.45. The number of thiocarbonyl (C=S) groups is 1. The van der Waals surface area contributed by atoms with Gasteiger partial charge in [-0.15, -0.1) is 0 Å². The van der Waals surface area contributed by atoms with Crippen molar-refractivity contribution in [2.24, 2.45) is 0 Å². The molecule has 4 heteroatoms. The van der Waals surface area contributed by atoms with Crippen molar-refractivity contribution in [3.8, 4) is 0 Å². The highest BCUT2D eigenvalue weighted by atomic mass is 32.1. The molecule has 76 valence electrons. The molecule has 1 fully saturated rings. The fraction of sp³-hybridized carbons (Fsp3) is 0.889. The zero-order valence-corrected chi connectivity index (χ0v) is 9.28. The highest BCUT2D eigenvalue weighted by molar-refractivity contribution is 7.80. The van der Waals surface area contributed by atoms with Crippen LogP contribution < -0.4 is 10.6 Å². The van der Waals surface area contributed by atoms with Crippen molar-refractivity contribution in [1.82, 2.24) is 15.5 Å². The van der Waals surface area contributed by atoms with E-state index in [4.69, 9.17) is 12.2 Å². The second kappa shape index (κ2) is 5.40. The van der Waals surface area contributed by atoms with E-state index in [2.05, 4.69) is 22.6 Å². The molecule has 0 aromatic carbocycles. The van der Waals surface area contributed by atoms with E-state index in [0.29, 0.717) is 6.04 Å². The molecule has 0 spiro atoms. The number of piperidine rings is 1. The molecule has 0 amide bonds. The van der Waals surface area contributed by atoms with Crippen molar-refractivity contribution in [3.63, 3.8) is 0 Å². The minimum atomic E-state index is 0.653. The Morgan fingerprint density at radius 1 is 1.54 bits per heavy atom. The lowest BCUT2D eigenvalue weighted by Crippen LogP contribution is -2.46. The second-order valence-corrected chi connectivity index (χ2v) is 4.00. The number of likely N-dealkylation sites (tertiary alicyclic amines) is 1. The summed E-state index contributed by atoms with van der Waals surface area (Å²) in [6.45, 7) is 2.19. The van der Waals surface area contributed by atoms with Gasteiger partial charge in [-0.05, 0) is 38.7 Å². The normalized spacial score (nSPS) is 24.0. The summed E-state index contributed by atoms with van der Waals surface area (Å²) in [5.41, 5.74) is 0. The van der Waals surface area contributed by atoms with Gasteiger partial charge >= 0.3 is 0 Å². The van der Waals surface area contributed by atoms with Crippen molar-refractivity contribution >= 4 is 17.3 Å². The van der Waals surface area contributed by atoms with Crippen LogP contribution >= 0.6 is 12.2 Å². The zero-order valence-electron chi connectivity index (χ0n) is 8.47. The smallest absolute Gasteiger partial charge is 0.166 e. The highest BCUT2D eigenvalue weighted by Gasteiger charge is 2.18. The highest BCUT2D eigenvalue weighted by Crippen LogP contribution is 2.13. The molecule has 1 heterocycles. The van der Waals surface area contributed by atoms with Crippen LogP contribution in [-0.4, -0.2) is 43.2 Å². The Hall–Kier alpha value is -0.350. The molecule has 1 rings (SSSR count). The first-order chi connectivity index (χ1) is 6.24. The van der Waals surface area contributed by atoms with Gasteiger partial charge in [-0.25, -0.2) is 0 Å². The Labute approximate surface area is 85.9 Å². The molecule has 1 unspecified atom stereocenters. The van der Waals surface area contributed by atoms with Crippen LogP contribution in [0.3, 0.4) is 0 Å². The first-order valence-corrected chi connectivity index (χ1v) is 5.30. The van der Waals surface area contributed by atoms with Crippen LogP contribution in [0.25, 0.3) is 0 Å². The Bertz CT molecular complexity index is 172. The molecule has 1 aliphatic heterocycles. The number of rotatable bonds is 2. The van der Waals surface area contributed by atoms with E-state index in [1.165, 1.54) is 25.8 Å². The van der Waals surface area contributed by atoms with Gasteiger partial charge in [0.1, 0.15) is 0 Å². The van der Waals surface area contributed by atoms with Crippen LogP contribution in [0.4, 0.5) is 0 Å². The topological polar surface area (TPSA) is 27.3 Å². The lowest BCUT2D eigenvalue weighted by molar-refractivity contribution is 0.187. The monoisotopic (exact) mass is 201 g/mol. The van der Waals surface area contributed by atoms with Gasteiger partial charge in [-0.1, -0.05) is 6.42 Å². The van der Waals surface area contributed by atoms with E-state index in [-0.39, 0.29) is 0 Å². The second-order valence-electron chi connectivity index (χ2n) is 3.59. The summed E-state index contributed by atoms with van der Waals surface area (Å²) in [6, 6.07) is 0.653. The Morgan fingerprint density at radius 3 is 2.92 bits per heavy atom. The molecule has 3 nitrogen and oxygen atoms in total. The van der Waals surface area contributed by atoms with Crippen molar-refractivity contribution in [2.75, 3.05) is 27.2 Å². The lowest BCUT2D eigenvalue weighted by Gasteiger charge is -2.32. The van der Waals surface area contributed by atoms with Crippen LogP contribution in [0.2, 0.25) is 0 Å². The van der Waals surface area contributed by atoms with E-state index in [0.717, 1.165) is 11.7 Å². The molecule has 0 aliphatic carbocycles. The maximum Gasteiger partial charge on any atom is 0.166 e. The maximum absolute atomic E-state index is 5.02. The molecule has 1 saturated heterocycles. The number of nitrogens with one attached hydrogen (secondary N) is 2. The van der Waals surface area contributed by atoms with E-state index >= 15 is 0 Å². The van der Waals surface area contributed by atoms with E-state index in [9.17, 15) is 0 Å². The third kappa shape index (κ3) is 3.48. The van der Waals surface area contributed by atoms with Gasteiger partial charge in [0.25, 0.3) is 0 Å². The van der Waals surface area contributed by atoms with Crippen molar-refractivity contribution < 1.29 is 0 Å². The molecule has 2 N–H and O–H groups in total. The lowest BCUT2D eigenvalue weighted by atomic mass is 10.0. The van der Waals surface area contributed by atoms with Gasteiger partial charge in [-0.2, -0.15) is 0 Å². The molecule has 0 saturated carbocycles. The van der Waals surface area contributed by atoms with Gasteiger partial charge < -0.3 is 15.5 Å². The standard InChI is InChI=1S/C9H19N3S/c1-10-9(13)11-7-8-5-3-4-6-12(8)2/h8H,3-7H2,1-2H3,(H2,10,11,13). The minimum absolute atomic E-state index is 0.653. The number of hydrogen-bond donors (Lipinski definition) is 2. The molecule has 0 aromatic rings. The predicted octanol–water partition coefficient (Wildman–Crippen LogP) is 0.565. The van der Waals surface area contributed by atoms with Crippen molar-refractivity contribution in [2.45, 2.75) is 25.3 Å². The average Bonchev–Trinajstić information content (AvgIpc) is 2.16. The summed E-state index contributed by atoms with van der Waals surface area (Å²) in [5, 5.41) is 6.88. The predicted molar refractivity (Wildman–Crippen MR) is 59.9 cm³/mol. The summed E-state index contributed by atoms with van der Waals surface area (Å²) >= 11 is 5.02. The third-order valence-electron chi connectivity index (χ3n) is 2.65. The minimum Gasteiger partial charge on any atom is -0.366 e. The zero-order chi connectivity index (χ0) is 9.68. The Morgan fingerprint density at radius 2 is 2.31 bits per heavy atom. The van der Waals surface area contributed by atoms with E-state index in [1.807, 2.05) is 7.05 Å². The summed E-state index contributed by atoms with van der Waals surface area (Å²) in [7, 11) is 4.04. The van der Waals surface area contributed by atoms with E-state index < -0.39 is 0 Å². The van der Waals surface area contributed by atoms with Crippen molar-refractivity contribution in [1.29, 1.82) is 0 Å². The van der Waals surface area contributed by atoms with Gasteiger partial charge in [0.2, 0.25) is 0 Å². The quantitative estimate of drug-likeness (QED) is 0.639. The molecule has 1 aliphatic rings. The summed E-state index contributed by atoms with van der Waals surface area (Å²) in [5.74, 6) is 0. The van der Waals surface area contributed by atoms with E-state index in [1.54, 1.807) is 0 Å². The van der Waals surface area contributed by atoms with Gasteiger partial charge in [0, 0.05) is 19.6 Å². The van der Waals surface area contributed by atoms with Gasteiger partial charge in [0.15, 0.2) is 5.11 Å². The van der Waals surface area contributed by atoms with Crippen LogP contribution in [0.5, 0.6) is 0 Å². The van der Waals surface area contributed by atoms with Gasteiger partial charge in [0.05, 0.1) is 0 Å². The summed E-state index contributed by atoms with van der Waals surface area (Å²) in [6.07, 6.45) is 3.97. The first-order valence-electron chi connectivity index (χ1n) is 4.90. The van der Waals surface area contributed by atoms with Crippen LogP contribution in [0, 0.1) is 0 Å². The molecule has 0 bridgehead atoms. The molecular weight excluding hydrogens is 182 g/mol. The first kappa shape index (κ1) is 10.7. The molecule has 13 heavy (non-hydrogen) atoms. The molecular formula is C9H19N3S. The summed E-state index contributed by atoms with van der Waals surface area (Å²) < 4.78 is 0. The van der Waals surface area contributed by atoms with Crippen LogP contribution in [-0.2, 0) is 0 Å². The third-order valence-corrected chi connectivity index (χ3v) is 3.00. The largest absolute Gasteiger partial charge is 0.366 e. The fourth-order valence-corrected chi connectivity index (χ4v) is 1.78.